The van der Waals surface area contributed by atoms with Gasteiger partial charge in [0.2, 0.25) is 5.91 Å². The van der Waals surface area contributed by atoms with E-state index in [-0.39, 0.29) is 0 Å². The highest BCUT2D eigenvalue weighted by atomic mass is 16.5. The number of ether oxygens (including phenoxy) is 1. The van der Waals surface area contributed by atoms with Crippen LogP contribution in [0.1, 0.15) is 47.2 Å². The van der Waals surface area contributed by atoms with Gasteiger partial charge in [-0.25, -0.2) is 0 Å². The van der Waals surface area contributed by atoms with Gasteiger partial charge in [-0.15, -0.1) is 0 Å². The summed E-state index contributed by atoms with van der Waals surface area (Å²) in [6.07, 6.45) is 4.68. The lowest BCUT2D eigenvalue weighted by Gasteiger charge is -2.30. The number of carbonyl (C=O) groups is 1. The highest BCUT2D eigenvalue weighted by Gasteiger charge is 2.34. The number of carbonyl (C=O) groups excluding carboxylic acids is 1. The van der Waals surface area contributed by atoms with E-state index in [0.29, 0.717) is 17.6 Å². The van der Waals surface area contributed by atoms with Gasteiger partial charge in [-0.2, -0.15) is 0 Å². The molecule has 126 valence electrons. The van der Waals surface area contributed by atoms with Gasteiger partial charge in [0.1, 0.15) is 11.5 Å². The Hall–Kier alpha value is -2.59. The maximum atomic E-state index is 11.6. The normalized spacial score (nSPS) is 23.7. The summed E-state index contributed by atoms with van der Waals surface area (Å²) in [5, 5.41) is 3.70. The monoisotopic (exact) mass is 332 g/mol. The van der Waals surface area contributed by atoms with Crippen LogP contribution >= 0.6 is 0 Å². The van der Waals surface area contributed by atoms with Crippen LogP contribution in [-0.2, 0) is 0 Å². The van der Waals surface area contributed by atoms with Gasteiger partial charge in [0, 0.05) is 28.8 Å². The first-order valence-corrected chi connectivity index (χ1v) is 8.88. The van der Waals surface area contributed by atoms with E-state index in [1.54, 1.807) is 12.1 Å². The van der Waals surface area contributed by atoms with Gasteiger partial charge in [0.05, 0.1) is 0 Å². The smallest absolute Gasteiger partial charge is 0.248 e. The van der Waals surface area contributed by atoms with Crippen LogP contribution < -0.4 is 15.8 Å². The average Bonchev–Trinajstić information content (AvgIpc) is 2.97. The Balaban J connectivity index is 1.72. The molecule has 4 nitrogen and oxygen atoms in total. The highest BCUT2D eigenvalue weighted by molar-refractivity contribution is 5.96. The fraction of sp³-hybridized carbons (Fsp3) is 0.286. The first-order chi connectivity index (χ1) is 12.2. The van der Waals surface area contributed by atoms with Gasteiger partial charge in [-0.1, -0.05) is 23.8 Å². The number of hydrogen-bond donors (Lipinski definition) is 2. The Labute approximate surface area is 146 Å². The molecule has 0 spiro atoms. The number of nitrogens with one attached hydrogen (secondary N) is 1. The van der Waals surface area contributed by atoms with Crippen molar-refractivity contribution in [2.75, 3.05) is 0 Å². The van der Waals surface area contributed by atoms with Crippen LogP contribution in [0.2, 0.25) is 0 Å². The number of para-hydroxylation sites is 1. The lowest BCUT2D eigenvalue weighted by atomic mass is 9.84. The first-order valence-electron chi connectivity index (χ1n) is 8.88. The minimum atomic E-state index is -0.431. The molecule has 25 heavy (non-hydrogen) atoms. The number of hydrogen-bond acceptors (Lipinski definition) is 3. The third kappa shape index (κ3) is 2.36. The van der Waals surface area contributed by atoms with E-state index >= 15 is 0 Å². The van der Waals surface area contributed by atoms with E-state index in [0.717, 1.165) is 35.5 Å². The minimum Gasteiger partial charge on any atom is -0.456 e. The molecule has 0 saturated carbocycles. The van der Waals surface area contributed by atoms with Crippen molar-refractivity contribution in [1.29, 1.82) is 0 Å². The number of amides is 1. The number of primary amides is 1. The van der Waals surface area contributed by atoms with E-state index in [1.807, 2.05) is 18.2 Å². The topological polar surface area (TPSA) is 64.4 Å². The van der Waals surface area contributed by atoms with Crippen molar-refractivity contribution < 1.29 is 9.53 Å². The summed E-state index contributed by atoms with van der Waals surface area (Å²) in [6, 6.07) is 14.9. The molecule has 2 unspecified atom stereocenters. The molecule has 2 fully saturated rings. The number of nitrogens with two attached hydrogens (primary N) is 1. The van der Waals surface area contributed by atoms with Crippen molar-refractivity contribution in [3.05, 3.63) is 64.7 Å². The van der Waals surface area contributed by atoms with E-state index in [4.69, 9.17) is 10.5 Å². The molecular weight excluding hydrogens is 312 g/mol. The second-order valence-corrected chi connectivity index (χ2v) is 7.20. The van der Waals surface area contributed by atoms with Crippen LogP contribution in [-0.4, -0.2) is 18.0 Å². The molecule has 4 heteroatoms. The maximum absolute atomic E-state index is 11.6. The lowest BCUT2D eigenvalue weighted by molar-refractivity contribution is 0.1000. The van der Waals surface area contributed by atoms with Crippen LogP contribution in [0.5, 0.6) is 11.5 Å². The summed E-state index contributed by atoms with van der Waals surface area (Å²) < 4.78 is 6.10. The average molecular weight is 332 g/mol. The molecule has 2 bridgehead atoms. The largest absolute Gasteiger partial charge is 0.456 e. The summed E-state index contributed by atoms with van der Waals surface area (Å²) in [6.45, 7) is 0. The molecule has 2 aromatic carbocycles. The summed E-state index contributed by atoms with van der Waals surface area (Å²) in [7, 11) is 0. The van der Waals surface area contributed by atoms with Gasteiger partial charge < -0.3 is 15.8 Å². The molecule has 3 N–H and O–H groups in total. The first kappa shape index (κ1) is 14.7. The van der Waals surface area contributed by atoms with Gasteiger partial charge in [0.25, 0.3) is 0 Å². The van der Waals surface area contributed by atoms with Gasteiger partial charge in [-0.05, 0) is 55.5 Å². The maximum Gasteiger partial charge on any atom is 0.248 e. The lowest BCUT2D eigenvalue weighted by Crippen LogP contribution is -2.35. The Bertz CT molecular complexity index is 902. The molecular formula is C21H20N2O2. The Morgan fingerprint density at radius 2 is 1.72 bits per heavy atom. The van der Waals surface area contributed by atoms with Crippen LogP contribution in [0.25, 0.3) is 5.57 Å². The molecule has 1 amide bonds. The quantitative estimate of drug-likeness (QED) is 0.715. The summed E-state index contributed by atoms with van der Waals surface area (Å²) in [4.78, 5) is 11.6. The molecule has 2 aromatic rings. The molecule has 0 aromatic heterocycles. The molecule has 0 radical (unpaired) electrons. The number of fused-ring (bicyclic) bond motifs is 4. The van der Waals surface area contributed by atoms with Crippen LogP contribution in [0.4, 0.5) is 0 Å². The van der Waals surface area contributed by atoms with Crippen molar-refractivity contribution in [3.8, 4) is 11.5 Å². The van der Waals surface area contributed by atoms with Crippen molar-refractivity contribution >= 4 is 11.5 Å². The SMILES string of the molecule is NC(=O)c1ccc2c(c1)Oc1ccccc1C2=C1CC2CCC(C1)N2. The second kappa shape index (κ2) is 5.46. The predicted octanol–water partition coefficient (Wildman–Crippen LogP) is 3.61. The number of rotatable bonds is 1. The summed E-state index contributed by atoms with van der Waals surface area (Å²) in [5.74, 6) is 1.15. The fourth-order valence-electron chi connectivity index (χ4n) is 4.48. The molecule has 2 saturated heterocycles. The van der Waals surface area contributed by atoms with Crippen LogP contribution in [0.15, 0.2) is 48.0 Å². The van der Waals surface area contributed by atoms with Crippen LogP contribution in [0, 0.1) is 0 Å². The van der Waals surface area contributed by atoms with Gasteiger partial charge >= 0.3 is 0 Å². The fourth-order valence-corrected chi connectivity index (χ4v) is 4.48. The van der Waals surface area contributed by atoms with E-state index < -0.39 is 5.91 Å². The number of benzene rings is 2. The van der Waals surface area contributed by atoms with Gasteiger partial charge in [0.15, 0.2) is 0 Å². The zero-order valence-corrected chi connectivity index (χ0v) is 13.9. The van der Waals surface area contributed by atoms with E-state index in [2.05, 4.69) is 17.4 Å². The van der Waals surface area contributed by atoms with Gasteiger partial charge in [-0.3, -0.25) is 4.79 Å². The number of piperidine rings is 1. The van der Waals surface area contributed by atoms with Crippen LogP contribution in [0.3, 0.4) is 0 Å². The van der Waals surface area contributed by atoms with E-state index in [1.165, 1.54) is 24.0 Å². The molecule has 3 heterocycles. The Morgan fingerprint density at radius 1 is 1.00 bits per heavy atom. The standard InChI is InChI=1S/C21H20N2O2/c22-21(24)12-5-8-17-19(11-12)25-18-4-2-1-3-16(18)20(17)13-9-14-6-7-15(10-13)23-14/h1-5,8,11,14-15,23H,6-7,9-10H2,(H2,22,24). The van der Waals surface area contributed by atoms with Crippen molar-refractivity contribution in [1.82, 2.24) is 5.32 Å². The Kier molecular flexibility index (Phi) is 3.22. The molecule has 2 atom stereocenters. The third-order valence-electron chi connectivity index (χ3n) is 5.59. The predicted molar refractivity (Wildman–Crippen MR) is 96.7 cm³/mol. The zero-order valence-electron chi connectivity index (χ0n) is 13.9. The summed E-state index contributed by atoms with van der Waals surface area (Å²) in [5.41, 5.74) is 10.9. The zero-order chi connectivity index (χ0) is 17.0. The molecule has 3 aliphatic heterocycles. The summed E-state index contributed by atoms with van der Waals surface area (Å²) >= 11 is 0. The third-order valence-corrected chi connectivity index (χ3v) is 5.59. The highest BCUT2D eigenvalue weighted by Crippen LogP contribution is 2.48. The van der Waals surface area contributed by atoms with Crippen molar-refractivity contribution in [2.24, 2.45) is 5.73 Å². The Morgan fingerprint density at radius 3 is 2.48 bits per heavy atom. The van der Waals surface area contributed by atoms with Crippen molar-refractivity contribution in [3.63, 3.8) is 0 Å². The minimum absolute atomic E-state index is 0.431. The van der Waals surface area contributed by atoms with Crippen molar-refractivity contribution in [2.45, 2.75) is 37.8 Å². The second-order valence-electron chi connectivity index (χ2n) is 7.20. The van der Waals surface area contributed by atoms with E-state index in [9.17, 15) is 4.79 Å². The molecule has 3 aliphatic rings. The molecule has 0 aliphatic carbocycles. The molecule has 5 rings (SSSR count).